The molecule has 0 aromatic carbocycles. The summed E-state index contributed by atoms with van der Waals surface area (Å²) in [6, 6.07) is 9.43. The monoisotopic (exact) mass is 596 g/mol. The molecule has 0 aliphatic carbocycles. The first-order valence-corrected chi connectivity index (χ1v) is 15.3. The highest BCUT2D eigenvalue weighted by Crippen LogP contribution is 2.47. The number of thiophene rings is 2. The predicted molar refractivity (Wildman–Crippen MR) is 148 cm³/mol. The van der Waals surface area contributed by atoms with E-state index in [2.05, 4.69) is 85.6 Å². The topological polar surface area (TPSA) is 8.17 Å². The maximum absolute atomic E-state index is 3.71. The van der Waals surface area contributed by atoms with Crippen molar-refractivity contribution in [1.29, 1.82) is 0 Å². The molecule has 3 aromatic heterocycles. The first-order valence-electron chi connectivity index (χ1n) is 12.1. The Hall–Kier alpha value is -0.400. The molecule has 4 rings (SSSR count). The van der Waals surface area contributed by atoms with Crippen LogP contribution in [0, 0.1) is 0 Å². The molecule has 0 bridgehead atoms. The standard InChI is InChI=1S/C26H34Br2N2S2/c1-3-5-7-9-15-29-17-19-20(25(29)21-11-13-23(27)31-21)18-30(16-10-8-6-4-2)26(19)22-12-14-24(28)32-22/h11-14,17,26H,3-10,15-16,18H2,1-2H3. The van der Waals surface area contributed by atoms with Gasteiger partial charge in [-0.3, -0.25) is 4.90 Å². The van der Waals surface area contributed by atoms with Crippen LogP contribution in [0.2, 0.25) is 0 Å². The summed E-state index contributed by atoms with van der Waals surface area (Å²) in [6.45, 7) is 7.95. The molecular formula is C26H34Br2N2S2. The molecule has 0 radical (unpaired) electrons. The van der Waals surface area contributed by atoms with Crippen LogP contribution in [-0.4, -0.2) is 16.0 Å². The van der Waals surface area contributed by atoms with Gasteiger partial charge in [0.25, 0.3) is 0 Å². The summed E-state index contributed by atoms with van der Waals surface area (Å²) < 4.78 is 5.02. The van der Waals surface area contributed by atoms with Crippen molar-refractivity contribution < 1.29 is 0 Å². The number of unbranched alkanes of at least 4 members (excludes halogenated alkanes) is 6. The zero-order chi connectivity index (χ0) is 22.5. The van der Waals surface area contributed by atoms with Crippen LogP contribution in [0.4, 0.5) is 0 Å². The lowest BCUT2D eigenvalue weighted by Crippen LogP contribution is -2.24. The molecule has 32 heavy (non-hydrogen) atoms. The first-order chi connectivity index (χ1) is 15.6. The zero-order valence-corrected chi connectivity index (χ0v) is 24.0. The van der Waals surface area contributed by atoms with Gasteiger partial charge in [0.05, 0.1) is 24.2 Å². The lowest BCUT2D eigenvalue weighted by Gasteiger charge is -2.25. The van der Waals surface area contributed by atoms with Gasteiger partial charge >= 0.3 is 0 Å². The van der Waals surface area contributed by atoms with E-state index in [-0.39, 0.29) is 0 Å². The summed E-state index contributed by atoms with van der Waals surface area (Å²) >= 11 is 11.2. The predicted octanol–water partition coefficient (Wildman–Crippen LogP) is 9.87. The summed E-state index contributed by atoms with van der Waals surface area (Å²) in [7, 11) is 0. The van der Waals surface area contributed by atoms with Gasteiger partial charge in [0.15, 0.2) is 0 Å². The van der Waals surface area contributed by atoms with E-state index in [9.17, 15) is 0 Å². The van der Waals surface area contributed by atoms with E-state index in [0.29, 0.717) is 6.04 Å². The second-order valence-corrected chi connectivity index (χ2v) is 13.8. The molecule has 4 heterocycles. The minimum absolute atomic E-state index is 0.391. The second kappa shape index (κ2) is 11.8. The molecule has 6 heteroatoms. The van der Waals surface area contributed by atoms with Gasteiger partial charge in [-0.2, -0.15) is 0 Å². The maximum atomic E-state index is 3.71. The van der Waals surface area contributed by atoms with Crippen molar-refractivity contribution in [2.75, 3.05) is 6.54 Å². The van der Waals surface area contributed by atoms with Gasteiger partial charge in [-0.15, -0.1) is 22.7 Å². The Bertz CT molecular complexity index is 1000. The van der Waals surface area contributed by atoms with Crippen molar-refractivity contribution >= 4 is 54.5 Å². The highest BCUT2D eigenvalue weighted by atomic mass is 79.9. The normalized spacial score (nSPS) is 16.2. The second-order valence-electron chi connectivity index (χ2n) is 8.84. The van der Waals surface area contributed by atoms with Crippen LogP contribution >= 0.6 is 54.5 Å². The van der Waals surface area contributed by atoms with Crippen LogP contribution in [-0.2, 0) is 13.1 Å². The minimum atomic E-state index is 0.391. The third kappa shape index (κ3) is 5.63. The molecule has 174 valence electrons. The molecule has 1 aliphatic rings. The van der Waals surface area contributed by atoms with Gasteiger partial charge in [-0.1, -0.05) is 52.4 Å². The molecule has 3 aromatic rings. The van der Waals surface area contributed by atoms with E-state index in [1.165, 1.54) is 86.5 Å². The van der Waals surface area contributed by atoms with E-state index in [1.807, 2.05) is 22.7 Å². The van der Waals surface area contributed by atoms with Crippen LogP contribution in [0.25, 0.3) is 10.6 Å². The largest absolute Gasteiger partial charge is 0.346 e. The number of nitrogens with zero attached hydrogens (tertiary/aromatic N) is 2. The Morgan fingerprint density at radius 2 is 1.53 bits per heavy atom. The Morgan fingerprint density at radius 3 is 2.16 bits per heavy atom. The van der Waals surface area contributed by atoms with E-state index >= 15 is 0 Å². The Balaban J connectivity index is 1.68. The van der Waals surface area contributed by atoms with Crippen LogP contribution in [0.5, 0.6) is 0 Å². The van der Waals surface area contributed by atoms with E-state index < -0.39 is 0 Å². The van der Waals surface area contributed by atoms with Crippen molar-refractivity contribution in [3.05, 3.63) is 54.0 Å². The highest BCUT2D eigenvalue weighted by Gasteiger charge is 2.36. The zero-order valence-electron chi connectivity index (χ0n) is 19.2. The molecule has 1 unspecified atom stereocenters. The summed E-state index contributed by atoms with van der Waals surface area (Å²) in [5, 5.41) is 0. The minimum Gasteiger partial charge on any atom is -0.346 e. The number of aryl methyl sites for hydroxylation is 1. The molecule has 0 saturated carbocycles. The third-order valence-corrected chi connectivity index (χ3v) is 9.77. The van der Waals surface area contributed by atoms with Crippen LogP contribution < -0.4 is 0 Å². The van der Waals surface area contributed by atoms with Crippen LogP contribution in [0.3, 0.4) is 0 Å². The number of hydrogen-bond donors (Lipinski definition) is 0. The Kier molecular flexibility index (Phi) is 9.14. The van der Waals surface area contributed by atoms with Crippen molar-refractivity contribution in [3.63, 3.8) is 0 Å². The average molecular weight is 599 g/mol. The van der Waals surface area contributed by atoms with Crippen molar-refractivity contribution in [2.45, 2.75) is 84.3 Å². The van der Waals surface area contributed by atoms with Gasteiger partial charge in [-0.05, 0) is 86.6 Å². The van der Waals surface area contributed by atoms with Gasteiger partial charge in [0.2, 0.25) is 0 Å². The molecular weight excluding hydrogens is 564 g/mol. The Morgan fingerprint density at radius 1 is 0.844 bits per heavy atom. The summed E-state index contributed by atoms with van der Waals surface area (Å²) in [5.41, 5.74) is 4.55. The number of rotatable bonds is 12. The lowest BCUT2D eigenvalue weighted by molar-refractivity contribution is 0.239. The first kappa shape index (κ1) is 24.7. The number of halogens is 2. The molecule has 0 amide bonds. The molecule has 0 fully saturated rings. The summed E-state index contributed by atoms with van der Waals surface area (Å²) in [4.78, 5) is 5.59. The fourth-order valence-corrected chi connectivity index (χ4v) is 7.94. The lowest BCUT2D eigenvalue weighted by atomic mass is 10.1. The van der Waals surface area contributed by atoms with Crippen molar-refractivity contribution in [1.82, 2.24) is 9.47 Å². The fourth-order valence-electron chi connectivity index (χ4n) is 4.89. The average Bonchev–Trinajstić information content (AvgIpc) is 3.53. The molecule has 1 atom stereocenters. The molecule has 1 aliphatic heterocycles. The fraction of sp³-hybridized carbons (Fsp3) is 0.538. The summed E-state index contributed by atoms with van der Waals surface area (Å²) in [5.74, 6) is 0. The highest BCUT2D eigenvalue weighted by molar-refractivity contribution is 9.11. The van der Waals surface area contributed by atoms with Crippen LogP contribution in [0.1, 0.15) is 87.3 Å². The number of aromatic nitrogens is 1. The van der Waals surface area contributed by atoms with Crippen molar-refractivity contribution in [2.24, 2.45) is 0 Å². The number of fused-ring (bicyclic) bond motifs is 1. The van der Waals surface area contributed by atoms with E-state index in [0.717, 1.165) is 13.1 Å². The van der Waals surface area contributed by atoms with Crippen LogP contribution in [0.15, 0.2) is 38.0 Å². The van der Waals surface area contributed by atoms with Gasteiger partial charge in [0, 0.05) is 24.2 Å². The third-order valence-electron chi connectivity index (χ3n) is 6.46. The summed E-state index contributed by atoms with van der Waals surface area (Å²) in [6.07, 6.45) is 12.9. The van der Waals surface area contributed by atoms with E-state index in [1.54, 1.807) is 5.56 Å². The van der Waals surface area contributed by atoms with Gasteiger partial charge in [0.1, 0.15) is 0 Å². The molecule has 0 saturated heterocycles. The molecule has 2 nitrogen and oxygen atoms in total. The Labute approximate surface area is 218 Å². The van der Waals surface area contributed by atoms with Gasteiger partial charge in [-0.25, -0.2) is 0 Å². The smallest absolute Gasteiger partial charge is 0.0717 e. The van der Waals surface area contributed by atoms with E-state index in [4.69, 9.17) is 0 Å². The van der Waals surface area contributed by atoms with Gasteiger partial charge < -0.3 is 4.57 Å². The number of hydrogen-bond acceptors (Lipinski definition) is 3. The maximum Gasteiger partial charge on any atom is 0.0717 e. The molecule has 0 N–H and O–H groups in total. The quantitative estimate of drug-likeness (QED) is 0.189. The SMILES string of the molecule is CCCCCCN1Cc2c(cn(CCCCCC)c2-c2ccc(Br)s2)C1c1ccc(Br)s1. The molecule has 0 spiro atoms. The van der Waals surface area contributed by atoms with Crippen molar-refractivity contribution in [3.8, 4) is 10.6 Å².